The SMILES string of the molecule is CNC(C(C)C)C(C)(C)C(C)(C)C. The second kappa shape index (κ2) is 4.00. The first kappa shape index (κ1) is 13.0. The predicted molar refractivity (Wildman–Crippen MR) is 60.9 cm³/mol. The van der Waals surface area contributed by atoms with E-state index in [0.717, 1.165) is 0 Å². The number of hydrogen-bond donors (Lipinski definition) is 1. The van der Waals surface area contributed by atoms with Crippen molar-refractivity contribution in [2.24, 2.45) is 16.7 Å². The third-order valence-corrected chi connectivity index (χ3v) is 3.69. The minimum atomic E-state index is 0.315. The van der Waals surface area contributed by atoms with Crippen molar-refractivity contribution in [3.8, 4) is 0 Å². The Morgan fingerprint density at radius 3 is 1.38 bits per heavy atom. The maximum atomic E-state index is 3.45. The van der Waals surface area contributed by atoms with E-state index < -0.39 is 0 Å². The summed E-state index contributed by atoms with van der Waals surface area (Å²) in [4.78, 5) is 0. The summed E-state index contributed by atoms with van der Waals surface area (Å²) in [7, 11) is 2.07. The smallest absolute Gasteiger partial charge is 0.0143 e. The van der Waals surface area contributed by atoms with Crippen LogP contribution < -0.4 is 5.32 Å². The molecule has 0 saturated carbocycles. The van der Waals surface area contributed by atoms with Gasteiger partial charge in [0.2, 0.25) is 0 Å². The van der Waals surface area contributed by atoms with Crippen molar-refractivity contribution in [2.75, 3.05) is 7.05 Å². The van der Waals surface area contributed by atoms with Gasteiger partial charge < -0.3 is 5.32 Å². The molecule has 0 aromatic heterocycles. The molecule has 0 aliphatic heterocycles. The summed E-state index contributed by atoms with van der Waals surface area (Å²) >= 11 is 0. The van der Waals surface area contributed by atoms with Crippen LogP contribution in [0.5, 0.6) is 0 Å². The minimum absolute atomic E-state index is 0.315. The molecule has 0 aromatic carbocycles. The predicted octanol–water partition coefficient (Wildman–Crippen LogP) is 3.30. The normalized spacial score (nSPS) is 16.4. The zero-order chi connectivity index (χ0) is 10.9. The maximum Gasteiger partial charge on any atom is 0.0143 e. The molecule has 0 heterocycles. The highest BCUT2D eigenvalue weighted by molar-refractivity contribution is 4.93. The standard InChI is InChI=1S/C12H27N/c1-9(2)10(13-8)12(6,7)11(3,4)5/h9-10,13H,1-8H3. The molecular formula is C12H27N. The average molecular weight is 185 g/mol. The van der Waals surface area contributed by atoms with Crippen molar-refractivity contribution in [3.05, 3.63) is 0 Å². The van der Waals surface area contributed by atoms with E-state index in [1.54, 1.807) is 0 Å². The van der Waals surface area contributed by atoms with Crippen LogP contribution in [0.4, 0.5) is 0 Å². The van der Waals surface area contributed by atoms with Gasteiger partial charge in [0.15, 0.2) is 0 Å². The van der Waals surface area contributed by atoms with E-state index in [1.165, 1.54) is 0 Å². The fourth-order valence-electron chi connectivity index (χ4n) is 1.99. The monoisotopic (exact) mass is 185 g/mol. The zero-order valence-electron chi connectivity index (χ0n) is 10.7. The maximum absolute atomic E-state index is 3.45. The topological polar surface area (TPSA) is 12.0 Å². The number of rotatable bonds is 3. The van der Waals surface area contributed by atoms with Crippen LogP contribution in [0.15, 0.2) is 0 Å². The van der Waals surface area contributed by atoms with Gasteiger partial charge >= 0.3 is 0 Å². The summed E-state index contributed by atoms with van der Waals surface area (Å²) in [6.45, 7) is 16.2. The Hall–Kier alpha value is -0.0400. The molecule has 1 heteroatoms. The van der Waals surface area contributed by atoms with Gasteiger partial charge in [-0.3, -0.25) is 0 Å². The summed E-state index contributed by atoms with van der Waals surface area (Å²) < 4.78 is 0. The highest BCUT2D eigenvalue weighted by atomic mass is 14.9. The first-order valence-corrected chi connectivity index (χ1v) is 5.32. The van der Waals surface area contributed by atoms with E-state index in [1.807, 2.05) is 0 Å². The Balaban J connectivity index is 4.78. The summed E-state index contributed by atoms with van der Waals surface area (Å²) in [6, 6.07) is 0.576. The molecule has 0 bridgehead atoms. The van der Waals surface area contributed by atoms with Crippen LogP contribution in [0.3, 0.4) is 0 Å². The van der Waals surface area contributed by atoms with Crippen molar-refractivity contribution in [1.29, 1.82) is 0 Å². The lowest BCUT2D eigenvalue weighted by Crippen LogP contribution is -2.50. The summed E-state index contributed by atoms with van der Waals surface area (Å²) in [5, 5.41) is 3.45. The summed E-state index contributed by atoms with van der Waals surface area (Å²) in [5.41, 5.74) is 0.654. The van der Waals surface area contributed by atoms with Gasteiger partial charge in [-0.2, -0.15) is 0 Å². The van der Waals surface area contributed by atoms with Gasteiger partial charge in [-0.25, -0.2) is 0 Å². The van der Waals surface area contributed by atoms with Gasteiger partial charge in [-0.05, 0) is 23.8 Å². The van der Waals surface area contributed by atoms with E-state index in [9.17, 15) is 0 Å². The lowest BCUT2D eigenvalue weighted by Gasteiger charge is -2.46. The van der Waals surface area contributed by atoms with Crippen LogP contribution in [-0.2, 0) is 0 Å². The molecule has 80 valence electrons. The molecule has 0 aromatic rings. The van der Waals surface area contributed by atoms with Crippen molar-refractivity contribution in [1.82, 2.24) is 5.32 Å². The highest BCUT2D eigenvalue weighted by Gasteiger charge is 2.40. The summed E-state index contributed by atoms with van der Waals surface area (Å²) in [6.07, 6.45) is 0. The molecular weight excluding hydrogens is 158 g/mol. The fourth-order valence-corrected chi connectivity index (χ4v) is 1.99. The Morgan fingerprint density at radius 1 is 0.923 bits per heavy atom. The van der Waals surface area contributed by atoms with Crippen LogP contribution in [0.2, 0.25) is 0 Å². The van der Waals surface area contributed by atoms with Gasteiger partial charge in [-0.15, -0.1) is 0 Å². The summed E-state index contributed by atoms with van der Waals surface area (Å²) in [5.74, 6) is 0.680. The van der Waals surface area contributed by atoms with Crippen molar-refractivity contribution in [3.63, 3.8) is 0 Å². The molecule has 0 saturated heterocycles. The third-order valence-electron chi connectivity index (χ3n) is 3.69. The average Bonchev–Trinajstić information content (AvgIpc) is 1.83. The number of hydrogen-bond acceptors (Lipinski definition) is 1. The molecule has 0 fully saturated rings. The zero-order valence-corrected chi connectivity index (χ0v) is 10.7. The second-order valence-electron chi connectivity index (χ2n) is 5.98. The van der Waals surface area contributed by atoms with Gasteiger partial charge in [0.1, 0.15) is 0 Å². The number of nitrogens with one attached hydrogen (secondary N) is 1. The molecule has 1 atom stereocenters. The molecule has 1 nitrogen and oxygen atoms in total. The molecule has 1 N–H and O–H groups in total. The Labute approximate surface area is 84.3 Å². The van der Waals surface area contributed by atoms with Crippen molar-refractivity contribution < 1.29 is 0 Å². The fraction of sp³-hybridized carbons (Fsp3) is 1.00. The Bertz CT molecular complexity index is 151. The van der Waals surface area contributed by atoms with E-state index in [-0.39, 0.29) is 0 Å². The van der Waals surface area contributed by atoms with Crippen molar-refractivity contribution >= 4 is 0 Å². The first-order chi connectivity index (χ1) is 5.64. The largest absolute Gasteiger partial charge is 0.316 e. The van der Waals surface area contributed by atoms with Crippen LogP contribution in [-0.4, -0.2) is 13.1 Å². The van der Waals surface area contributed by atoms with Gasteiger partial charge in [0, 0.05) is 6.04 Å². The molecule has 0 aliphatic carbocycles. The quantitative estimate of drug-likeness (QED) is 0.711. The molecule has 1 unspecified atom stereocenters. The van der Waals surface area contributed by atoms with E-state index in [2.05, 4.69) is 60.8 Å². The van der Waals surface area contributed by atoms with Crippen LogP contribution in [0.25, 0.3) is 0 Å². The van der Waals surface area contributed by atoms with Gasteiger partial charge in [0.25, 0.3) is 0 Å². The van der Waals surface area contributed by atoms with Crippen LogP contribution in [0, 0.1) is 16.7 Å². The first-order valence-electron chi connectivity index (χ1n) is 5.32. The third kappa shape index (κ3) is 2.70. The van der Waals surface area contributed by atoms with Crippen LogP contribution in [0.1, 0.15) is 48.5 Å². The molecule has 0 radical (unpaired) electrons. The second-order valence-corrected chi connectivity index (χ2v) is 5.98. The molecule has 0 amide bonds. The lowest BCUT2D eigenvalue weighted by atomic mass is 9.62. The van der Waals surface area contributed by atoms with E-state index in [0.29, 0.717) is 22.8 Å². The van der Waals surface area contributed by atoms with Crippen molar-refractivity contribution in [2.45, 2.75) is 54.5 Å². The van der Waals surface area contributed by atoms with Gasteiger partial charge in [-0.1, -0.05) is 48.5 Å². The molecule has 0 spiro atoms. The Kier molecular flexibility index (Phi) is 3.98. The molecule has 0 aliphatic rings. The highest BCUT2D eigenvalue weighted by Crippen LogP contribution is 2.42. The van der Waals surface area contributed by atoms with E-state index in [4.69, 9.17) is 0 Å². The molecule has 0 rings (SSSR count). The molecule has 13 heavy (non-hydrogen) atoms. The minimum Gasteiger partial charge on any atom is -0.316 e. The van der Waals surface area contributed by atoms with Crippen LogP contribution >= 0.6 is 0 Å². The Morgan fingerprint density at radius 2 is 1.31 bits per heavy atom. The van der Waals surface area contributed by atoms with Gasteiger partial charge in [0.05, 0.1) is 0 Å². The van der Waals surface area contributed by atoms with E-state index >= 15 is 0 Å². The lowest BCUT2D eigenvalue weighted by molar-refractivity contribution is 0.0593.